The summed E-state index contributed by atoms with van der Waals surface area (Å²) < 4.78 is 0. The third kappa shape index (κ3) is 1.87. The van der Waals surface area contributed by atoms with Crippen molar-refractivity contribution in [1.82, 2.24) is 9.80 Å². The lowest BCUT2D eigenvalue weighted by Crippen LogP contribution is -2.62. The number of aliphatic imine (C=N–C) groups is 1. The Hall–Kier alpha value is -0.770. The maximum atomic E-state index is 6.36. The topological polar surface area (TPSA) is 44.9 Å². The van der Waals surface area contributed by atoms with Gasteiger partial charge in [0.15, 0.2) is 5.96 Å². The summed E-state index contributed by atoms with van der Waals surface area (Å²) in [4.78, 5) is 9.97. The van der Waals surface area contributed by atoms with Gasteiger partial charge in [0, 0.05) is 19.1 Å². The monoisotopic (exact) mass is 276 g/mol. The van der Waals surface area contributed by atoms with Crippen LogP contribution in [0, 0.1) is 5.92 Å². The Kier molecular flexibility index (Phi) is 3.17. The Balaban J connectivity index is 1.62. The Labute approximate surface area is 122 Å². The van der Waals surface area contributed by atoms with Gasteiger partial charge < -0.3 is 15.5 Å². The van der Waals surface area contributed by atoms with Crippen molar-refractivity contribution in [1.29, 1.82) is 0 Å². The molecule has 0 amide bonds. The molecule has 4 aliphatic rings. The average Bonchev–Trinajstić information content (AvgIpc) is 2.88. The summed E-state index contributed by atoms with van der Waals surface area (Å²) in [6.45, 7) is 4.80. The molecule has 0 aromatic carbocycles. The molecular formula is C16H28N4. The minimum Gasteiger partial charge on any atom is -0.370 e. The van der Waals surface area contributed by atoms with Crippen molar-refractivity contribution in [3.8, 4) is 0 Å². The Morgan fingerprint density at radius 3 is 2.65 bits per heavy atom. The summed E-state index contributed by atoms with van der Waals surface area (Å²) in [5.74, 6) is 1.65. The zero-order valence-corrected chi connectivity index (χ0v) is 12.6. The SMILES string of the molecule is NC1=NCC2(CCN3CCC2C3)N1C1CCCCCC1. The van der Waals surface area contributed by atoms with Crippen molar-refractivity contribution < 1.29 is 0 Å². The van der Waals surface area contributed by atoms with Gasteiger partial charge in [0.2, 0.25) is 0 Å². The number of piperidine rings is 1. The predicted molar refractivity (Wildman–Crippen MR) is 81.7 cm³/mol. The number of fused-ring (bicyclic) bond motifs is 3. The molecule has 3 aliphatic heterocycles. The highest BCUT2D eigenvalue weighted by Crippen LogP contribution is 2.44. The maximum Gasteiger partial charge on any atom is 0.192 e. The van der Waals surface area contributed by atoms with E-state index in [1.54, 1.807) is 0 Å². The first-order chi connectivity index (χ1) is 9.79. The molecule has 20 heavy (non-hydrogen) atoms. The highest BCUT2D eigenvalue weighted by molar-refractivity contribution is 5.81. The molecule has 4 nitrogen and oxygen atoms in total. The summed E-state index contributed by atoms with van der Waals surface area (Å²) in [6, 6.07) is 0.663. The molecule has 2 N–H and O–H groups in total. The van der Waals surface area contributed by atoms with Gasteiger partial charge in [0.05, 0.1) is 12.1 Å². The molecule has 1 spiro atoms. The van der Waals surface area contributed by atoms with Gasteiger partial charge in [0.1, 0.15) is 0 Å². The highest BCUT2D eigenvalue weighted by Gasteiger charge is 2.54. The van der Waals surface area contributed by atoms with Crippen LogP contribution in [-0.2, 0) is 0 Å². The van der Waals surface area contributed by atoms with Crippen LogP contribution in [0.3, 0.4) is 0 Å². The standard InChI is InChI=1S/C16H28N4/c17-15-18-12-16(8-10-19-9-7-13(16)11-19)20(15)14-5-3-1-2-4-6-14/h13-14H,1-12H2,(H2,17,18). The first-order valence-electron chi connectivity index (χ1n) is 8.61. The van der Waals surface area contributed by atoms with E-state index in [2.05, 4.69) is 9.80 Å². The summed E-state index contributed by atoms with van der Waals surface area (Å²) >= 11 is 0. The second-order valence-electron chi connectivity index (χ2n) is 7.33. The first-order valence-corrected chi connectivity index (χ1v) is 8.61. The normalized spacial score (nSPS) is 42.0. The molecule has 0 aromatic rings. The molecule has 0 radical (unpaired) electrons. The Morgan fingerprint density at radius 1 is 1.05 bits per heavy atom. The molecule has 1 aliphatic carbocycles. The molecule has 2 saturated heterocycles. The number of nitrogens with zero attached hydrogens (tertiary/aromatic N) is 3. The fourth-order valence-corrected chi connectivity index (χ4v) is 5.22. The van der Waals surface area contributed by atoms with Gasteiger partial charge in [-0.2, -0.15) is 0 Å². The number of guanidine groups is 1. The third-order valence-electron chi connectivity index (χ3n) is 6.32. The summed E-state index contributed by atoms with van der Waals surface area (Å²) in [5, 5.41) is 0. The minimum atomic E-state index is 0.284. The van der Waals surface area contributed by atoms with Gasteiger partial charge in [-0.25, -0.2) is 0 Å². The van der Waals surface area contributed by atoms with E-state index in [1.165, 1.54) is 71.0 Å². The van der Waals surface area contributed by atoms with Gasteiger partial charge >= 0.3 is 0 Å². The molecule has 3 heterocycles. The molecule has 3 fully saturated rings. The fraction of sp³-hybridized carbons (Fsp3) is 0.938. The Bertz CT molecular complexity index is 399. The summed E-state index contributed by atoms with van der Waals surface area (Å²) in [5.41, 5.74) is 6.64. The molecule has 4 rings (SSSR count). The number of hydrogen-bond donors (Lipinski definition) is 1. The van der Waals surface area contributed by atoms with Crippen molar-refractivity contribution >= 4 is 5.96 Å². The lowest BCUT2D eigenvalue weighted by Gasteiger charge is -2.50. The molecule has 3 unspecified atom stereocenters. The second-order valence-corrected chi connectivity index (χ2v) is 7.33. The number of rotatable bonds is 1. The minimum absolute atomic E-state index is 0.284. The highest BCUT2D eigenvalue weighted by atomic mass is 15.4. The van der Waals surface area contributed by atoms with Crippen molar-refractivity contribution in [2.75, 3.05) is 26.2 Å². The van der Waals surface area contributed by atoms with Gasteiger partial charge in [-0.3, -0.25) is 4.99 Å². The fourth-order valence-electron chi connectivity index (χ4n) is 5.22. The van der Waals surface area contributed by atoms with Gasteiger partial charge in [-0.05, 0) is 38.1 Å². The number of hydrogen-bond acceptors (Lipinski definition) is 4. The van der Waals surface area contributed by atoms with Crippen LogP contribution in [0.2, 0.25) is 0 Å². The van der Waals surface area contributed by atoms with Crippen LogP contribution in [0.25, 0.3) is 0 Å². The van der Waals surface area contributed by atoms with Gasteiger partial charge in [0.25, 0.3) is 0 Å². The maximum absolute atomic E-state index is 6.36. The lowest BCUT2D eigenvalue weighted by molar-refractivity contribution is 0.0402. The lowest BCUT2D eigenvalue weighted by atomic mass is 9.77. The van der Waals surface area contributed by atoms with E-state index in [-0.39, 0.29) is 5.54 Å². The van der Waals surface area contributed by atoms with E-state index in [4.69, 9.17) is 10.7 Å². The zero-order valence-electron chi connectivity index (χ0n) is 12.6. The molecule has 4 heteroatoms. The van der Waals surface area contributed by atoms with Crippen molar-refractivity contribution in [3.05, 3.63) is 0 Å². The van der Waals surface area contributed by atoms with Crippen LogP contribution in [0.1, 0.15) is 51.4 Å². The Morgan fingerprint density at radius 2 is 1.85 bits per heavy atom. The smallest absolute Gasteiger partial charge is 0.192 e. The van der Waals surface area contributed by atoms with E-state index in [0.717, 1.165) is 18.4 Å². The van der Waals surface area contributed by atoms with Crippen molar-refractivity contribution in [3.63, 3.8) is 0 Å². The second kappa shape index (κ2) is 4.90. The third-order valence-corrected chi connectivity index (χ3v) is 6.32. The predicted octanol–water partition coefficient (Wildman–Crippen LogP) is 1.80. The van der Waals surface area contributed by atoms with E-state index >= 15 is 0 Å². The van der Waals surface area contributed by atoms with E-state index in [1.807, 2.05) is 0 Å². The number of nitrogens with two attached hydrogens (primary N) is 1. The molecule has 0 aromatic heterocycles. The quantitative estimate of drug-likeness (QED) is 0.743. The molecular weight excluding hydrogens is 248 g/mol. The van der Waals surface area contributed by atoms with Crippen LogP contribution in [0.15, 0.2) is 4.99 Å². The molecule has 3 atom stereocenters. The average molecular weight is 276 g/mol. The molecule has 2 bridgehead atoms. The molecule has 112 valence electrons. The van der Waals surface area contributed by atoms with Crippen LogP contribution < -0.4 is 5.73 Å². The van der Waals surface area contributed by atoms with Crippen molar-refractivity contribution in [2.45, 2.75) is 62.9 Å². The van der Waals surface area contributed by atoms with E-state index in [9.17, 15) is 0 Å². The van der Waals surface area contributed by atoms with Gasteiger partial charge in [-0.15, -0.1) is 0 Å². The van der Waals surface area contributed by atoms with E-state index < -0.39 is 0 Å². The first kappa shape index (κ1) is 12.9. The zero-order chi connectivity index (χ0) is 13.6. The van der Waals surface area contributed by atoms with E-state index in [0.29, 0.717) is 6.04 Å². The van der Waals surface area contributed by atoms with Crippen LogP contribution in [0.5, 0.6) is 0 Å². The molecule has 1 saturated carbocycles. The summed E-state index contributed by atoms with van der Waals surface area (Å²) in [7, 11) is 0. The van der Waals surface area contributed by atoms with Crippen LogP contribution in [-0.4, -0.2) is 53.5 Å². The van der Waals surface area contributed by atoms with Crippen molar-refractivity contribution in [2.24, 2.45) is 16.6 Å². The van der Waals surface area contributed by atoms with Gasteiger partial charge in [-0.1, -0.05) is 25.7 Å². The summed E-state index contributed by atoms with van der Waals surface area (Å²) in [6.07, 6.45) is 10.9. The van der Waals surface area contributed by atoms with Crippen LogP contribution in [0.4, 0.5) is 0 Å². The largest absolute Gasteiger partial charge is 0.370 e. The van der Waals surface area contributed by atoms with Crippen LogP contribution >= 0.6 is 0 Å².